The second-order valence-electron chi connectivity index (χ2n) is 20.5. The summed E-state index contributed by atoms with van der Waals surface area (Å²) in [6.07, 6.45) is 22.4. The molecule has 0 bridgehead atoms. The van der Waals surface area contributed by atoms with Gasteiger partial charge in [-0.05, 0) is 128 Å². The number of nitrogens with zero attached hydrogens (tertiary/aromatic N) is 4. The van der Waals surface area contributed by atoms with Gasteiger partial charge in [0.2, 0.25) is 0 Å². The molecule has 2 N–H and O–H groups in total. The van der Waals surface area contributed by atoms with Crippen LogP contribution in [0.15, 0.2) is 277 Å². The Kier molecular flexibility index (Phi) is 13.7. The van der Waals surface area contributed by atoms with Crippen LogP contribution in [-0.2, 0) is 0 Å². The number of hydrogen-bond donors (Lipinski definition) is 2. The zero-order chi connectivity index (χ0) is 52.0. The second-order valence-corrected chi connectivity index (χ2v) is 20.5. The Morgan fingerprint density at radius 3 is 1.49 bits per heavy atom. The zero-order valence-corrected chi connectivity index (χ0v) is 43.4. The normalized spacial score (nSPS) is 17.9. The van der Waals surface area contributed by atoms with Gasteiger partial charge < -0.3 is 5.32 Å². The maximum absolute atomic E-state index is 5.41. The Morgan fingerprint density at radius 2 is 0.859 bits per heavy atom. The smallest absolute Gasteiger partial charge is 0.164 e. The summed E-state index contributed by atoms with van der Waals surface area (Å²) in [5.74, 6) is 3.02. The molecule has 13 rings (SSSR count). The number of aliphatic imine (C=N–C) groups is 1. The molecule has 1 aliphatic heterocycles. The average Bonchev–Trinajstić information content (AvgIpc) is 3.56. The van der Waals surface area contributed by atoms with E-state index in [1.165, 1.54) is 50.1 Å². The molecule has 1 aromatic heterocycles. The third-order valence-corrected chi connectivity index (χ3v) is 15.4. The van der Waals surface area contributed by atoms with Gasteiger partial charge >= 0.3 is 0 Å². The highest BCUT2D eigenvalue weighted by Crippen LogP contribution is 2.37. The number of allylic oxidation sites excluding steroid dienone is 10. The third kappa shape index (κ3) is 10.6. The predicted octanol–water partition coefficient (Wildman–Crippen LogP) is 17.0. The fourth-order valence-electron chi connectivity index (χ4n) is 11.2. The Morgan fingerprint density at radius 1 is 0.372 bits per heavy atom. The number of amidine groups is 1. The lowest BCUT2D eigenvalue weighted by Gasteiger charge is -2.36. The van der Waals surface area contributed by atoms with Crippen molar-refractivity contribution in [1.82, 2.24) is 25.6 Å². The van der Waals surface area contributed by atoms with Crippen molar-refractivity contribution >= 4 is 17.0 Å². The van der Waals surface area contributed by atoms with Crippen LogP contribution in [0.2, 0.25) is 0 Å². The van der Waals surface area contributed by atoms with Crippen LogP contribution in [0.25, 0.3) is 78.7 Å². The minimum atomic E-state index is -0.241. The fourth-order valence-corrected chi connectivity index (χ4v) is 11.2. The molecule has 0 radical (unpaired) electrons. The summed E-state index contributed by atoms with van der Waals surface area (Å²) >= 11 is 0. The highest BCUT2D eigenvalue weighted by Gasteiger charge is 2.30. The van der Waals surface area contributed by atoms with E-state index in [2.05, 4.69) is 265 Å². The summed E-state index contributed by atoms with van der Waals surface area (Å²) in [5, 5.41) is 7.84. The SMILES string of the molecule is C1=CCCC(c2ccc(-c3nc(-c4cccc(-c5ccccc5)c4)nc(-c4cccc(-c5cccc(C6C=CC=C(C7NC(C8=CC=C(c9ccccc9)CC8)=NC(c8cccc(-c9ccccc9)c8)N7)C6)c5)c4)n3)cc2)=C1. The highest BCUT2D eigenvalue weighted by atomic mass is 15.3. The summed E-state index contributed by atoms with van der Waals surface area (Å²) in [6, 6.07) is 75.4. The van der Waals surface area contributed by atoms with Gasteiger partial charge in [-0.3, -0.25) is 5.32 Å². The molecule has 6 heteroatoms. The van der Waals surface area contributed by atoms with Crippen LogP contribution < -0.4 is 10.6 Å². The van der Waals surface area contributed by atoms with E-state index in [1.807, 2.05) is 6.07 Å². The minimum absolute atomic E-state index is 0.129. The molecule has 3 atom stereocenters. The Bertz CT molecular complexity index is 3880. The molecule has 9 aromatic rings. The number of benzene rings is 8. The van der Waals surface area contributed by atoms with Crippen molar-refractivity contribution in [3.63, 3.8) is 0 Å². The first kappa shape index (κ1) is 48.3. The first-order valence-electron chi connectivity index (χ1n) is 27.3. The maximum Gasteiger partial charge on any atom is 0.164 e. The lowest BCUT2D eigenvalue weighted by atomic mass is 9.85. The fraction of sp³-hybridized carbons (Fsp3) is 0.111. The molecule has 0 saturated heterocycles. The predicted molar refractivity (Wildman–Crippen MR) is 322 cm³/mol. The van der Waals surface area contributed by atoms with E-state index in [-0.39, 0.29) is 18.2 Å². The van der Waals surface area contributed by atoms with Gasteiger partial charge in [-0.25, -0.2) is 19.9 Å². The van der Waals surface area contributed by atoms with Crippen molar-refractivity contribution in [1.29, 1.82) is 0 Å². The van der Waals surface area contributed by atoms with E-state index < -0.39 is 0 Å². The average molecular weight is 1010 g/mol. The van der Waals surface area contributed by atoms with Gasteiger partial charge in [0.15, 0.2) is 17.5 Å². The molecular weight excluding hydrogens is 949 g/mol. The van der Waals surface area contributed by atoms with Crippen molar-refractivity contribution in [3.8, 4) is 67.5 Å². The van der Waals surface area contributed by atoms with Crippen molar-refractivity contribution in [2.45, 2.75) is 50.4 Å². The maximum atomic E-state index is 5.41. The first-order chi connectivity index (χ1) is 38.6. The highest BCUT2D eigenvalue weighted by molar-refractivity contribution is 6.00. The molecule has 8 aromatic carbocycles. The number of nitrogens with one attached hydrogen (secondary N) is 2. The summed E-state index contributed by atoms with van der Waals surface area (Å²) in [4.78, 5) is 21.0. The Balaban J connectivity index is 0.791. The lowest BCUT2D eigenvalue weighted by molar-refractivity contribution is 0.425. The van der Waals surface area contributed by atoms with Crippen LogP contribution in [0.1, 0.15) is 66.4 Å². The van der Waals surface area contributed by atoms with Gasteiger partial charge in [0, 0.05) is 22.6 Å². The largest absolute Gasteiger partial charge is 0.351 e. The summed E-state index contributed by atoms with van der Waals surface area (Å²) in [5.41, 5.74) is 19.8. The summed E-state index contributed by atoms with van der Waals surface area (Å²) in [7, 11) is 0. The van der Waals surface area contributed by atoms with E-state index in [9.17, 15) is 0 Å². The van der Waals surface area contributed by atoms with Gasteiger partial charge in [0.1, 0.15) is 18.2 Å². The molecule has 2 heterocycles. The third-order valence-electron chi connectivity index (χ3n) is 15.4. The quantitative estimate of drug-likeness (QED) is 0.128. The lowest BCUT2D eigenvalue weighted by Crippen LogP contribution is -2.52. The van der Waals surface area contributed by atoms with Crippen LogP contribution in [0.4, 0.5) is 0 Å². The van der Waals surface area contributed by atoms with Gasteiger partial charge in [-0.15, -0.1) is 0 Å². The minimum Gasteiger partial charge on any atom is -0.351 e. The molecule has 376 valence electrons. The van der Waals surface area contributed by atoms with Crippen LogP contribution >= 0.6 is 0 Å². The molecule has 0 spiro atoms. The molecule has 0 amide bonds. The number of aromatic nitrogens is 3. The van der Waals surface area contributed by atoms with E-state index >= 15 is 0 Å². The van der Waals surface area contributed by atoms with Crippen LogP contribution in [0.3, 0.4) is 0 Å². The molecule has 3 unspecified atom stereocenters. The molecule has 0 saturated carbocycles. The van der Waals surface area contributed by atoms with E-state index in [1.54, 1.807) is 0 Å². The Labute approximate surface area is 457 Å². The Hall–Kier alpha value is -9.36. The van der Waals surface area contributed by atoms with Crippen molar-refractivity contribution in [3.05, 3.63) is 294 Å². The number of rotatable bonds is 12. The summed E-state index contributed by atoms with van der Waals surface area (Å²) < 4.78 is 0. The van der Waals surface area contributed by atoms with E-state index in [0.29, 0.717) is 17.5 Å². The standard InChI is InChI=1S/C72H58N6/c1-5-18-49(19-6-1)53-36-40-55(41-37-53)67-73-69(63-32-14-26-57(45-63)51-22-9-3-10-23-51)77-71(75-67)65-34-16-30-61(47-65)59-28-13-29-60(44-59)62-31-17-35-66(48-62)72-76-68(56-42-38-54(39-43-56)50-20-7-2-8-21-50)74-70(78-72)64-33-15-27-58(46-64)52-24-11-4-12-25-52/h1-7,9-20,22-36,38-40,42-46,48,61,69,71,77H,8,21,37,41,47H2,(H,73,75). The molecular formula is C72H58N6. The summed E-state index contributed by atoms with van der Waals surface area (Å²) in [6.45, 7) is 0. The second kappa shape index (κ2) is 22.1. The number of hydrogen-bond acceptors (Lipinski definition) is 6. The molecule has 3 aliphatic carbocycles. The molecule has 4 aliphatic rings. The molecule has 6 nitrogen and oxygen atoms in total. The van der Waals surface area contributed by atoms with E-state index in [0.717, 1.165) is 82.4 Å². The van der Waals surface area contributed by atoms with Crippen LogP contribution in [0, 0.1) is 0 Å². The molecule has 0 fully saturated rings. The van der Waals surface area contributed by atoms with Crippen molar-refractivity contribution in [2.24, 2.45) is 4.99 Å². The monoisotopic (exact) mass is 1010 g/mol. The van der Waals surface area contributed by atoms with Crippen molar-refractivity contribution < 1.29 is 0 Å². The van der Waals surface area contributed by atoms with Gasteiger partial charge in [-0.2, -0.15) is 0 Å². The van der Waals surface area contributed by atoms with Crippen LogP contribution in [-0.4, -0.2) is 27.0 Å². The van der Waals surface area contributed by atoms with Gasteiger partial charge in [0.05, 0.1) is 0 Å². The zero-order valence-electron chi connectivity index (χ0n) is 43.4. The van der Waals surface area contributed by atoms with Crippen molar-refractivity contribution in [2.75, 3.05) is 0 Å². The topological polar surface area (TPSA) is 75.1 Å². The van der Waals surface area contributed by atoms with E-state index in [4.69, 9.17) is 19.9 Å². The van der Waals surface area contributed by atoms with Gasteiger partial charge in [-0.1, -0.05) is 243 Å². The first-order valence-corrected chi connectivity index (χ1v) is 27.3. The van der Waals surface area contributed by atoms with Crippen LogP contribution in [0.5, 0.6) is 0 Å². The van der Waals surface area contributed by atoms with Gasteiger partial charge in [0.25, 0.3) is 0 Å². The molecule has 78 heavy (non-hydrogen) atoms.